The van der Waals surface area contributed by atoms with Crippen molar-refractivity contribution in [1.29, 1.82) is 0 Å². The smallest absolute Gasteiger partial charge is 0.119 e. The Morgan fingerprint density at radius 1 is 1.19 bits per heavy atom. The van der Waals surface area contributed by atoms with Crippen LogP contribution in [0.1, 0.15) is 56.1 Å². The van der Waals surface area contributed by atoms with Gasteiger partial charge in [-0.3, -0.25) is 0 Å². The van der Waals surface area contributed by atoms with Gasteiger partial charge in [-0.15, -0.1) is 0 Å². The first-order chi connectivity index (χ1) is 10.1. The van der Waals surface area contributed by atoms with Gasteiger partial charge in [0.2, 0.25) is 0 Å². The molecule has 0 spiro atoms. The highest BCUT2D eigenvalue weighted by atomic mass is 32.1. The number of ether oxygens (including phenoxy) is 1. The minimum Gasteiger partial charge on any atom is -0.497 e. The summed E-state index contributed by atoms with van der Waals surface area (Å²) in [6, 6.07) is 6.74. The zero-order chi connectivity index (χ0) is 14.6. The van der Waals surface area contributed by atoms with E-state index in [0.717, 1.165) is 23.5 Å². The highest BCUT2D eigenvalue weighted by Crippen LogP contribution is 2.59. The van der Waals surface area contributed by atoms with E-state index in [1.165, 1.54) is 49.0 Å². The van der Waals surface area contributed by atoms with Gasteiger partial charge in [-0.1, -0.05) is 25.2 Å². The zero-order valence-corrected chi connectivity index (χ0v) is 13.8. The zero-order valence-electron chi connectivity index (χ0n) is 13.0. The molecular weight excluding hydrogens is 276 g/mol. The van der Waals surface area contributed by atoms with Gasteiger partial charge in [-0.2, -0.15) is 0 Å². The van der Waals surface area contributed by atoms with E-state index >= 15 is 0 Å². The first-order valence-corrected chi connectivity index (χ1v) is 8.74. The first kappa shape index (κ1) is 13.8. The monoisotopic (exact) mass is 300 g/mol. The van der Waals surface area contributed by atoms with Crippen molar-refractivity contribution in [2.75, 3.05) is 7.11 Å². The third kappa shape index (κ3) is 1.91. The largest absolute Gasteiger partial charge is 0.497 e. The molecule has 2 heteroatoms. The maximum absolute atomic E-state index is 5.72. The molecule has 3 aliphatic rings. The fourth-order valence-electron chi connectivity index (χ4n) is 5.46. The second-order valence-electron chi connectivity index (χ2n) is 7.40. The summed E-state index contributed by atoms with van der Waals surface area (Å²) in [5.74, 6) is 3.46. The van der Waals surface area contributed by atoms with Crippen molar-refractivity contribution in [3.8, 4) is 5.75 Å². The summed E-state index contributed by atoms with van der Waals surface area (Å²) >= 11 is 5.72. The second kappa shape index (κ2) is 4.81. The minimum atomic E-state index is 0.362. The molecule has 2 fully saturated rings. The summed E-state index contributed by atoms with van der Waals surface area (Å²) in [6.07, 6.45) is 7.69. The molecule has 3 aliphatic carbocycles. The Bertz CT molecular complexity index is 593. The lowest BCUT2D eigenvalue weighted by atomic mass is 9.56. The molecule has 0 N–H and O–H groups in total. The molecule has 0 bridgehead atoms. The number of benzene rings is 1. The van der Waals surface area contributed by atoms with Crippen molar-refractivity contribution in [3.05, 3.63) is 29.3 Å². The van der Waals surface area contributed by atoms with Gasteiger partial charge in [-0.05, 0) is 84.4 Å². The SMILES string of the molecule is COc1ccc2c(c1)CC[C@@H]1[C@@H]2CC[C@]2(C)C(=S)CC[C@@H]12. The van der Waals surface area contributed by atoms with Crippen molar-refractivity contribution in [2.24, 2.45) is 17.3 Å². The number of fused-ring (bicyclic) bond motifs is 5. The third-order valence-electron chi connectivity index (χ3n) is 6.64. The summed E-state index contributed by atoms with van der Waals surface area (Å²) in [5, 5.41) is 0. The van der Waals surface area contributed by atoms with Gasteiger partial charge in [0.05, 0.1) is 7.11 Å². The van der Waals surface area contributed by atoms with Gasteiger partial charge in [-0.25, -0.2) is 0 Å². The predicted molar refractivity (Wildman–Crippen MR) is 90.2 cm³/mol. The molecule has 0 saturated heterocycles. The Kier molecular flexibility index (Phi) is 3.15. The number of methoxy groups -OCH3 is 1. The lowest BCUT2D eigenvalue weighted by Gasteiger charge is -2.49. The van der Waals surface area contributed by atoms with Gasteiger partial charge in [0, 0.05) is 5.41 Å². The first-order valence-electron chi connectivity index (χ1n) is 8.33. The lowest BCUT2D eigenvalue weighted by Crippen LogP contribution is -2.42. The van der Waals surface area contributed by atoms with Crippen molar-refractivity contribution in [1.82, 2.24) is 0 Å². The molecule has 0 aromatic heterocycles. The molecule has 1 aromatic carbocycles. The van der Waals surface area contributed by atoms with E-state index in [1.54, 1.807) is 12.7 Å². The molecule has 1 nitrogen and oxygen atoms in total. The third-order valence-corrected chi connectivity index (χ3v) is 7.31. The molecule has 21 heavy (non-hydrogen) atoms. The number of thiocarbonyl (C=S) groups is 1. The molecule has 0 unspecified atom stereocenters. The summed E-state index contributed by atoms with van der Waals surface area (Å²) < 4.78 is 5.40. The minimum absolute atomic E-state index is 0.362. The van der Waals surface area contributed by atoms with Crippen molar-refractivity contribution >= 4 is 17.1 Å². The van der Waals surface area contributed by atoms with E-state index in [9.17, 15) is 0 Å². The van der Waals surface area contributed by atoms with Crippen LogP contribution in [0.2, 0.25) is 0 Å². The van der Waals surface area contributed by atoms with Gasteiger partial charge < -0.3 is 4.74 Å². The van der Waals surface area contributed by atoms with Crippen molar-refractivity contribution in [3.63, 3.8) is 0 Å². The summed E-state index contributed by atoms with van der Waals surface area (Å²) in [6.45, 7) is 2.45. The van der Waals surface area contributed by atoms with Crippen molar-refractivity contribution in [2.45, 2.75) is 51.4 Å². The summed E-state index contributed by atoms with van der Waals surface area (Å²) in [4.78, 5) is 1.37. The molecule has 112 valence electrons. The Hall–Kier alpha value is -0.890. The topological polar surface area (TPSA) is 9.23 Å². The van der Waals surface area contributed by atoms with Crippen LogP contribution in [0.5, 0.6) is 5.75 Å². The number of aryl methyl sites for hydroxylation is 1. The molecule has 1 aromatic rings. The number of hydrogen-bond donors (Lipinski definition) is 0. The Balaban J connectivity index is 1.70. The van der Waals surface area contributed by atoms with Gasteiger partial charge in [0.15, 0.2) is 0 Å². The van der Waals surface area contributed by atoms with Crippen LogP contribution in [0.15, 0.2) is 18.2 Å². The van der Waals surface area contributed by atoms with Gasteiger partial charge in [0.25, 0.3) is 0 Å². The predicted octanol–water partition coefficient (Wildman–Crippen LogP) is 4.92. The molecule has 0 aliphatic heterocycles. The van der Waals surface area contributed by atoms with Crippen LogP contribution in [0.3, 0.4) is 0 Å². The normalized spacial score (nSPS) is 37.6. The fraction of sp³-hybridized carbons (Fsp3) is 0.632. The van der Waals surface area contributed by atoms with Crippen LogP contribution in [-0.2, 0) is 6.42 Å². The summed E-state index contributed by atoms with van der Waals surface area (Å²) in [5.41, 5.74) is 3.49. The van der Waals surface area contributed by atoms with Gasteiger partial charge in [0.1, 0.15) is 5.75 Å². The maximum atomic E-state index is 5.72. The Morgan fingerprint density at radius 2 is 2.05 bits per heavy atom. The van der Waals surface area contributed by atoms with Crippen LogP contribution >= 0.6 is 12.2 Å². The Labute approximate surface area is 133 Å². The molecule has 0 heterocycles. The average Bonchev–Trinajstić information content (AvgIpc) is 2.82. The van der Waals surface area contributed by atoms with Crippen LogP contribution in [0.4, 0.5) is 0 Å². The van der Waals surface area contributed by atoms with E-state index in [0.29, 0.717) is 5.41 Å². The van der Waals surface area contributed by atoms with Crippen LogP contribution in [0.25, 0.3) is 0 Å². The van der Waals surface area contributed by atoms with Crippen molar-refractivity contribution < 1.29 is 4.74 Å². The highest BCUT2D eigenvalue weighted by Gasteiger charge is 2.52. The van der Waals surface area contributed by atoms with Crippen LogP contribution in [-0.4, -0.2) is 12.0 Å². The molecule has 4 rings (SSSR count). The molecular formula is C19H24OS. The highest BCUT2D eigenvalue weighted by molar-refractivity contribution is 7.80. The van der Waals surface area contributed by atoms with E-state index in [4.69, 9.17) is 17.0 Å². The van der Waals surface area contributed by atoms with Gasteiger partial charge >= 0.3 is 0 Å². The number of rotatable bonds is 1. The second-order valence-corrected chi connectivity index (χ2v) is 7.89. The quantitative estimate of drug-likeness (QED) is 0.681. The Morgan fingerprint density at radius 3 is 2.86 bits per heavy atom. The fourth-order valence-corrected chi connectivity index (χ4v) is 5.83. The van der Waals surface area contributed by atoms with E-state index in [-0.39, 0.29) is 0 Å². The lowest BCUT2D eigenvalue weighted by molar-refractivity contribution is 0.0967. The van der Waals surface area contributed by atoms with E-state index in [2.05, 4.69) is 25.1 Å². The van der Waals surface area contributed by atoms with Crippen LogP contribution < -0.4 is 4.74 Å². The van der Waals surface area contributed by atoms with Crippen LogP contribution in [0, 0.1) is 17.3 Å². The molecule has 0 radical (unpaired) electrons. The average molecular weight is 300 g/mol. The molecule has 2 saturated carbocycles. The standard InChI is InChI=1S/C19H24OS/c1-19-10-9-15-14-6-4-13(20-2)11-12(14)3-5-16(15)17(19)7-8-18(19)21/h4,6,11,15-17H,3,5,7-10H2,1-2H3/t15-,16-,17+,19+/m1/s1. The number of hydrogen-bond acceptors (Lipinski definition) is 2. The summed E-state index contributed by atoms with van der Waals surface area (Å²) in [7, 11) is 1.76. The van der Waals surface area contributed by atoms with E-state index < -0.39 is 0 Å². The molecule has 0 amide bonds. The van der Waals surface area contributed by atoms with E-state index in [1.807, 2.05) is 0 Å². The maximum Gasteiger partial charge on any atom is 0.119 e. The molecule has 4 atom stereocenters.